The van der Waals surface area contributed by atoms with Crippen molar-refractivity contribution in [1.29, 1.82) is 0 Å². The van der Waals surface area contributed by atoms with Crippen molar-refractivity contribution in [2.45, 2.75) is 12.6 Å². The molecule has 0 radical (unpaired) electrons. The molecule has 4 N–H and O–H groups in total. The van der Waals surface area contributed by atoms with E-state index < -0.39 is 35.0 Å². The fraction of sp³-hybridized carbons (Fsp3) is 0.130. The van der Waals surface area contributed by atoms with Crippen LogP contribution in [0.1, 0.15) is 22.8 Å². The number of halogens is 3. The number of carbonyl (C=O) groups excluding carboxylic acids is 1. The molecule has 3 aromatic carbocycles. The molecule has 0 bridgehead atoms. The van der Waals surface area contributed by atoms with Gasteiger partial charge in [0.25, 0.3) is 5.91 Å². The molecule has 7 nitrogen and oxygen atoms in total. The summed E-state index contributed by atoms with van der Waals surface area (Å²) >= 11 is 0. The molecular formula is C23H20F3N3O4. The summed E-state index contributed by atoms with van der Waals surface area (Å²) in [4.78, 5) is 12.7. The van der Waals surface area contributed by atoms with Gasteiger partial charge in [-0.3, -0.25) is 4.79 Å². The Labute approximate surface area is 187 Å². The number of nitrogens with two attached hydrogens (primary N) is 1. The quantitative estimate of drug-likeness (QED) is 0.204. The highest BCUT2D eigenvalue weighted by molar-refractivity contribution is 5.97. The van der Waals surface area contributed by atoms with Crippen LogP contribution in [0.5, 0.6) is 11.5 Å². The number of methoxy groups -OCH3 is 1. The van der Waals surface area contributed by atoms with Crippen molar-refractivity contribution < 1.29 is 32.6 Å². The van der Waals surface area contributed by atoms with Gasteiger partial charge in [-0.25, -0.2) is 13.2 Å². The van der Waals surface area contributed by atoms with Gasteiger partial charge in [-0.05, 0) is 42.0 Å². The van der Waals surface area contributed by atoms with Gasteiger partial charge in [0, 0.05) is 19.2 Å². The number of oxime groups is 1. The van der Waals surface area contributed by atoms with E-state index in [2.05, 4.69) is 10.5 Å². The summed E-state index contributed by atoms with van der Waals surface area (Å²) in [5.74, 6) is -3.70. The van der Waals surface area contributed by atoms with Crippen LogP contribution in [0.3, 0.4) is 0 Å². The highest BCUT2D eigenvalue weighted by Gasteiger charge is 2.29. The van der Waals surface area contributed by atoms with Crippen molar-refractivity contribution in [1.82, 2.24) is 5.32 Å². The predicted molar refractivity (Wildman–Crippen MR) is 113 cm³/mol. The molecule has 0 heterocycles. The van der Waals surface area contributed by atoms with E-state index in [-0.39, 0.29) is 23.9 Å². The first-order chi connectivity index (χ1) is 15.8. The molecule has 10 heteroatoms. The Bertz CT molecular complexity index is 1150. The lowest BCUT2D eigenvalue weighted by Crippen LogP contribution is -2.31. The van der Waals surface area contributed by atoms with Crippen molar-refractivity contribution in [3.05, 3.63) is 94.8 Å². The summed E-state index contributed by atoms with van der Waals surface area (Å²) in [5, 5.41) is 14.1. The minimum absolute atomic E-state index is 0.0319. The standard InChI is InChI=1S/C23H20F3N3O4/c1-32-21(23(30)28-12-13-2-4-14(5-3-13)22(27)29-31)19-17(25)10-11-18(20(19)26)33-16-8-6-15(24)7-9-16/h2-11,21,31H,12H2,1H3,(H2,27,29)(H,28,30). The van der Waals surface area contributed by atoms with Gasteiger partial charge < -0.3 is 25.7 Å². The van der Waals surface area contributed by atoms with Crippen LogP contribution in [0.25, 0.3) is 0 Å². The number of carbonyl (C=O) groups is 1. The average molecular weight is 459 g/mol. The zero-order valence-electron chi connectivity index (χ0n) is 17.4. The molecule has 3 rings (SSSR count). The summed E-state index contributed by atoms with van der Waals surface area (Å²) in [6.07, 6.45) is -1.60. The normalized spacial score (nSPS) is 12.3. The molecule has 0 aliphatic heterocycles. The zero-order chi connectivity index (χ0) is 24.0. The first kappa shape index (κ1) is 23.6. The molecule has 33 heavy (non-hydrogen) atoms. The van der Waals surface area contributed by atoms with E-state index >= 15 is 4.39 Å². The number of rotatable bonds is 8. The first-order valence-electron chi connectivity index (χ1n) is 9.62. The molecular weight excluding hydrogens is 439 g/mol. The molecule has 0 fully saturated rings. The van der Waals surface area contributed by atoms with Crippen LogP contribution >= 0.6 is 0 Å². The second-order valence-electron chi connectivity index (χ2n) is 6.84. The third-order valence-electron chi connectivity index (χ3n) is 4.69. The summed E-state index contributed by atoms with van der Waals surface area (Å²) in [6.45, 7) is 0.0319. The van der Waals surface area contributed by atoms with Crippen LogP contribution in [0.2, 0.25) is 0 Å². The largest absolute Gasteiger partial charge is 0.454 e. The molecule has 0 saturated heterocycles. The van der Waals surface area contributed by atoms with Crippen LogP contribution < -0.4 is 15.8 Å². The van der Waals surface area contributed by atoms with Crippen LogP contribution in [-0.4, -0.2) is 24.1 Å². The van der Waals surface area contributed by atoms with E-state index in [0.717, 1.165) is 31.4 Å². The minimum atomic E-state index is -1.60. The molecule has 3 aromatic rings. The SMILES string of the molecule is COC(C(=O)NCc1ccc(/C(N)=N/O)cc1)c1c(F)ccc(Oc2ccc(F)cc2)c1F. The predicted octanol–water partition coefficient (Wildman–Crippen LogP) is 3.99. The maximum absolute atomic E-state index is 15.1. The van der Waals surface area contributed by atoms with E-state index in [1.165, 1.54) is 12.1 Å². The smallest absolute Gasteiger partial charge is 0.254 e. The highest BCUT2D eigenvalue weighted by atomic mass is 19.1. The second kappa shape index (κ2) is 10.5. The molecule has 172 valence electrons. The van der Waals surface area contributed by atoms with Crippen molar-refractivity contribution >= 4 is 11.7 Å². The van der Waals surface area contributed by atoms with Gasteiger partial charge >= 0.3 is 0 Å². The van der Waals surface area contributed by atoms with E-state index in [9.17, 15) is 13.6 Å². The molecule has 1 atom stereocenters. The Morgan fingerprint density at radius 3 is 2.33 bits per heavy atom. The lowest BCUT2D eigenvalue weighted by atomic mass is 10.1. The van der Waals surface area contributed by atoms with E-state index in [1.54, 1.807) is 24.3 Å². The van der Waals surface area contributed by atoms with Crippen molar-refractivity contribution in [2.75, 3.05) is 7.11 Å². The van der Waals surface area contributed by atoms with Gasteiger partial charge in [0.15, 0.2) is 23.5 Å². The summed E-state index contributed by atoms with van der Waals surface area (Å²) in [7, 11) is 1.14. The van der Waals surface area contributed by atoms with Gasteiger partial charge in [-0.15, -0.1) is 0 Å². The van der Waals surface area contributed by atoms with Gasteiger partial charge in [-0.2, -0.15) is 0 Å². The van der Waals surface area contributed by atoms with Gasteiger partial charge in [0.1, 0.15) is 17.4 Å². The maximum Gasteiger partial charge on any atom is 0.254 e. The van der Waals surface area contributed by atoms with Crippen LogP contribution in [0.15, 0.2) is 65.8 Å². The lowest BCUT2D eigenvalue weighted by Gasteiger charge is -2.18. The summed E-state index contributed by atoms with van der Waals surface area (Å²) in [5.41, 5.74) is 6.00. The molecule has 0 saturated carbocycles. The minimum Gasteiger partial charge on any atom is -0.454 e. The van der Waals surface area contributed by atoms with Crippen LogP contribution in [0.4, 0.5) is 13.2 Å². The maximum atomic E-state index is 15.1. The topological polar surface area (TPSA) is 106 Å². The van der Waals surface area contributed by atoms with Crippen molar-refractivity contribution in [3.63, 3.8) is 0 Å². The number of amidine groups is 1. The van der Waals surface area contributed by atoms with E-state index in [0.29, 0.717) is 11.1 Å². The fourth-order valence-electron chi connectivity index (χ4n) is 2.99. The highest BCUT2D eigenvalue weighted by Crippen LogP contribution is 2.32. The molecule has 1 unspecified atom stereocenters. The summed E-state index contributed by atoms with van der Waals surface area (Å²) in [6, 6.07) is 13.3. The summed E-state index contributed by atoms with van der Waals surface area (Å²) < 4.78 is 53.1. The Balaban J connectivity index is 1.77. The number of ether oxygens (including phenoxy) is 2. The van der Waals surface area contributed by atoms with E-state index in [1.807, 2.05) is 0 Å². The first-order valence-corrected chi connectivity index (χ1v) is 9.62. The van der Waals surface area contributed by atoms with Crippen molar-refractivity contribution in [2.24, 2.45) is 10.9 Å². The molecule has 0 spiro atoms. The van der Waals surface area contributed by atoms with Crippen molar-refractivity contribution in [3.8, 4) is 11.5 Å². The van der Waals surface area contributed by atoms with Gasteiger partial charge in [0.2, 0.25) is 0 Å². The number of hydrogen-bond acceptors (Lipinski definition) is 5. The third kappa shape index (κ3) is 5.60. The Kier molecular flexibility index (Phi) is 7.52. The van der Waals surface area contributed by atoms with Crippen LogP contribution in [-0.2, 0) is 16.1 Å². The number of amides is 1. The Hall–Kier alpha value is -4.05. The zero-order valence-corrected chi connectivity index (χ0v) is 17.4. The van der Waals surface area contributed by atoms with Gasteiger partial charge in [0.05, 0.1) is 5.56 Å². The van der Waals surface area contributed by atoms with Crippen LogP contribution in [0, 0.1) is 17.5 Å². The lowest BCUT2D eigenvalue weighted by molar-refractivity contribution is -0.131. The number of benzene rings is 3. The molecule has 1 amide bonds. The number of hydrogen-bond donors (Lipinski definition) is 3. The molecule has 0 aliphatic rings. The number of nitrogens with zero attached hydrogens (tertiary/aromatic N) is 1. The fourth-order valence-corrected chi connectivity index (χ4v) is 2.99. The van der Waals surface area contributed by atoms with E-state index in [4.69, 9.17) is 20.4 Å². The molecule has 0 aromatic heterocycles. The average Bonchev–Trinajstić information content (AvgIpc) is 2.83. The Morgan fingerprint density at radius 2 is 1.73 bits per heavy atom. The second-order valence-corrected chi connectivity index (χ2v) is 6.84. The Morgan fingerprint density at radius 1 is 1.06 bits per heavy atom. The number of nitrogens with one attached hydrogen (secondary N) is 1. The monoisotopic (exact) mass is 459 g/mol. The third-order valence-corrected chi connectivity index (χ3v) is 4.69. The molecule has 0 aliphatic carbocycles. The van der Waals surface area contributed by atoms with Gasteiger partial charge in [-0.1, -0.05) is 29.4 Å².